The Labute approximate surface area is 188 Å². The van der Waals surface area contributed by atoms with Crippen molar-refractivity contribution in [1.82, 2.24) is 14.7 Å². The van der Waals surface area contributed by atoms with Crippen LogP contribution in [-0.2, 0) is 16.0 Å². The molecule has 0 N–H and O–H groups in total. The van der Waals surface area contributed by atoms with Crippen molar-refractivity contribution in [3.05, 3.63) is 70.7 Å². The lowest BCUT2D eigenvalue weighted by atomic mass is 10.1. The molecule has 1 atom stereocenters. The fraction of sp³-hybridized carbons (Fsp3) is 0.417. The van der Waals surface area contributed by atoms with Crippen LogP contribution >= 0.6 is 11.6 Å². The van der Waals surface area contributed by atoms with Gasteiger partial charge in [0, 0.05) is 45.8 Å². The first-order valence-electron chi connectivity index (χ1n) is 10.8. The summed E-state index contributed by atoms with van der Waals surface area (Å²) in [5.41, 5.74) is 1.59. The first kappa shape index (κ1) is 21.8. The van der Waals surface area contributed by atoms with Gasteiger partial charge in [-0.1, -0.05) is 54.1 Å². The molecule has 0 aliphatic carbocycles. The number of carbonyl (C=O) groups excluding carboxylic acids is 2. The van der Waals surface area contributed by atoms with Crippen molar-refractivity contribution in [3.63, 3.8) is 0 Å². The van der Waals surface area contributed by atoms with Gasteiger partial charge in [0.15, 0.2) is 0 Å². The number of ether oxygens (including phenoxy) is 1. The van der Waals surface area contributed by atoms with Crippen molar-refractivity contribution in [2.24, 2.45) is 0 Å². The lowest BCUT2D eigenvalue weighted by Crippen LogP contribution is -2.54. The van der Waals surface area contributed by atoms with E-state index in [0.717, 1.165) is 38.3 Å². The fourth-order valence-corrected chi connectivity index (χ4v) is 4.39. The summed E-state index contributed by atoms with van der Waals surface area (Å²) in [6, 6.07) is 17.0. The summed E-state index contributed by atoms with van der Waals surface area (Å²) in [6.07, 6.45) is 0.415. The molecule has 2 amide bonds. The molecule has 0 radical (unpaired) electrons. The number of piperazine rings is 1. The number of hydrogen-bond acceptors (Lipinski definition) is 4. The molecule has 0 spiro atoms. The van der Waals surface area contributed by atoms with Crippen LogP contribution < -0.4 is 0 Å². The van der Waals surface area contributed by atoms with Crippen LogP contribution in [0.1, 0.15) is 15.9 Å². The average Bonchev–Trinajstić information content (AvgIpc) is 2.80. The Bertz CT molecular complexity index is 900. The Kier molecular flexibility index (Phi) is 7.22. The summed E-state index contributed by atoms with van der Waals surface area (Å²) in [4.78, 5) is 31.5. The largest absolute Gasteiger partial charge is 0.373 e. The van der Waals surface area contributed by atoms with E-state index in [4.69, 9.17) is 16.3 Å². The zero-order chi connectivity index (χ0) is 21.6. The van der Waals surface area contributed by atoms with Crippen molar-refractivity contribution in [2.45, 2.75) is 12.5 Å². The maximum absolute atomic E-state index is 12.9. The number of amides is 2. The van der Waals surface area contributed by atoms with Gasteiger partial charge in [-0.25, -0.2) is 0 Å². The Hall–Kier alpha value is -2.41. The fourth-order valence-electron chi connectivity index (χ4n) is 4.17. The summed E-state index contributed by atoms with van der Waals surface area (Å²) < 4.78 is 5.93. The number of halogens is 1. The van der Waals surface area contributed by atoms with Gasteiger partial charge >= 0.3 is 0 Å². The standard InChI is InChI=1S/C24H28ClN3O3/c25-22-9-5-4-8-21(22)24(30)28-14-15-31-20(18-28)17-26-10-12-27(13-11-26)23(29)16-19-6-2-1-3-7-19/h1-9,20H,10-18H2. The van der Waals surface area contributed by atoms with Gasteiger partial charge in [-0.05, 0) is 17.7 Å². The van der Waals surface area contributed by atoms with Crippen LogP contribution in [-0.4, -0.2) is 85.0 Å². The summed E-state index contributed by atoms with van der Waals surface area (Å²) in [5, 5.41) is 0.479. The van der Waals surface area contributed by atoms with Crippen LogP contribution in [0.15, 0.2) is 54.6 Å². The molecule has 2 aliphatic rings. The normalized spacial score (nSPS) is 20.0. The smallest absolute Gasteiger partial charge is 0.255 e. The predicted octanol–water partition coefficient (Wildman–Crippen LogP) is 2.57. The third kappa shape index (κ3) is 5.64. The molecule has 2 aromatic rings. The Balaban J connectivity index is 1.25. The van der Waals surface area contributed by atoms with E-state index in [0.29, 0.717) is 36.7 Å². The average molecular weight is 442 g/mol. The molecule has 2 fully saturated rings. The monoisotopic (exact) mass is 441 g/mol. The van der Waals surface area contributed by atoms with E-state index in [1.165, 1.54) is 0 Å². The van der Waals surface area contributed by atoms with Gasteiger partial charge in [0.2, 0.25) is 5.91 Å². The molecule has 6 nitrogen and oxygen atoms in total. The second-order valence-electron chi connectivity index (χ2n) is 8.07. The maximum atomic E-state index is 12.9. The third-order valence-electron chi connectivity index (χ3n) is 5.92. The Morgan fingerprint density at radius 2 is 1.61 bits per heavy atom. The van der Waals surface area contributed by atoms with Crippen LogP contribution in [0.4, 0.5) is 0 Å². The van der Waals surface area contributed by atoms with E-state index >= 15 is 0 Å². The summed E-state index contributed by atoms with van der Waals surface area (Å²) in [6.45, 7) is 5.49. The van der Waals surface area contributed by atoms with Gasteiger partial charge in [0.1, 0.15) is 0 Å². The minimum Gasteiger partial charge on any atom is -0.373 e. The van der Waals surface area contributed by atoms with E-state index in [-0.39, 0.29) is 17.9 Å². The molecule has 0 aromatic heterocycles. The number of carbonyl (C=O) groups is 2. The zero-order valence-corrected chi connectivity index (χ0v) is 18.3. The quantitative estimate of drug-likeness (QED) is 0.715. The molecule has 2 aliphatic heterocycles. The Morgan fingerprint density at radius 3 is 2.35 bits per heavy atom. The SMILES string of the molecule is O=C(Cc1ccccc1)N1CCN(CC2CN(C(=O)c3ccccc3Cl)CCO2)CC1. The van der Waals surface area contributed by atoms with E-state index < -0.39 is 0 Å². The molecule has 164 valence electrons. The first-order valence-corrected chi connectivity index (χ1v) is 11.2. The maximum Gasteiger partial charge on any atom is 0.255 e. The lowest BCUT2D eigenvalue weighted by molar-refractivity contribution is -0.132. The van der Waals surface area contributed by atoms with Gasteiger partial charge in [-0.2, -0.15) is 0 Å². The number of hydrogen-bond donors (Lipinski definition) is 0. The van der Waals surface area contributed by atoms with Gasteiger partial charge in [-0.3, -0.25) is 14.5 Å². The molecular weight excluding hydrogens is 414 g/mol. The van der Waals surface area contributed by atoms with Crippen LogP contribution in [0, 0.1) is 0 Å². The first-order chi connectivity index (χ1) is 15.1. The van der Waals surface area contributed by atoms with Crippen molar-refractivity contribution < 1.29 is 14.3 Å². The molecule has 2 saturated heterocycles. The molecule has 0 bridgehead atoms. The Morgan fingerprint density at radius 1 is 0.903 bits per heavy atom. The van der Waals surface area contributed by atoms with E-state index in [1.807, 2.05) is 52.3 Å². The van der Waals surface area contributed by atoms with E-state index in [2.05, 4.69) is 4.90 Å². The highest BCUT2D eigenvalue weighted by Crippen LogP contribution is 2.19. The van der Waals surface area contributed by atoms with Crippen molar-refractivity contribution in [2.75, 3.05) is 52.4 Å². The van der Waals surface area contributed by atoms with Crippen LogP contribution in [0.25, 0.3) is 0 Å². The van der Waals surface area contributed by atoms with E-state index in [9.17, 15) is 9.59 Å². The van der Waals surface area contributed by atoms with Gasteiger partial charge in [0.25, 0.3) is 5.91 Å². The van der Waals surface area contributed by atoms with Crippen molar-refractivity contribution >= 4 is 23.4 Å². The van der Waals surface area contributed by atoms with Crippen LogP contribution in [0.3, 0.4) is 0 Å². The summed E-state index contributed by atoms with van der Waals surface area (Å²) in [7, 11) is 0. The highest BCUT2D eigenvalue weighted by atomic mass is 35.5. The lowest BCUT2D eigenvalue weighted by Gasteiger charge is -2.39. The number of benzene rings is 2. The molecule has 1 unspecified atom stereocenters. The zero-order valence-electron chi connectivity index (χ0n) is 17.6. The van der Waals surface area contributed by atoms with Gasteiger partial charge < -0.3 is 14.5 Å². The molecule has 7 heteroatoms. The highest BCUT2D eigenvalue weighted by molar-refractivity contribution is 6.33. The van der Waals surface area contributed by atoms with Gasteiger partial charge in [0.05, 0.1) is 29.7 Å². The second kappa shape index (κ2) is 10.3. The molecule has 31 heavy (non-hydrogen) atoms. The number of morpholine rings is 1. The molecular formula is C24H28ClN3O3. The van der Waals surface area contributed by atoms with E-state index in [1.54, 1.807) is 12.1 Å². The van der Waals surface area contributed by atoms with Gasteiger partial charge in [-0.15, -0.1) is 0 Å². The van der Waals surface area contributed by atoms with Crippen molar-refractivity contribution in [3.8, 4) is 0 Å². The minimum atomic E-state index is -0.0461. The third-order valence-corrected chi connectivity index (χ3v) is 6.24. The van der Waals surface area contributed by atoms with Crippen LogP contribution in [0.2, 0.25) is 5.02 Å². The summed E-state index contributed by atoms with van der Waals surface area (Å²) >= 11 is 6.20. The molecule has 2 heterocycles. The molecule has 4 rings (SSSR count). The molecule has 2 aromatic carbocycles. The highest BCUT2D eigenvalue weighted by Gasteiger charge is 2.29. The predicted molar refractivity (Wildman–Crippen MR) is 120 cm³/mol. The molecule has 0 saturated carbocycles. The topological polar surface area (TPSA) is 53.1 Å². The number of rotatable bonds is 5. The van der Waals surface area contributed by atoms with Crippen LogP contribution in [0.5, 0.6) is 0 Å². The minimum absolute atomic E-state index is 0.0354. The van der Waals surface area contributed by atoms with Crippen molar-refractivity contribution in [1.29, 1.82) is 0 Å². The summed E-state index contributed by atoms with van der Waals surface area (Å²) in [5.74, 6) is 0.131. The number of nitrogens with zero attached hydrogens (tertiary/aromatic N) is 3. The second-order valence-corrected chi connectivity index (χ2v) is 8.47.